The number of amides is 1. The Morgan fingerprint density at radius 3 is 3.00 bits per heavy atom. The zero-order chi connectivity index (χ0) is 14.4. The van der Waals surface area contributed by atoms with Crippen LogP contribution >= 0.6 is 11.6 Å². The zero-order valence-electron chi connectivity index (χ0n) is 10.5. The highest BCUT2D eigenvalue weighted by Gasteiger charge is 2.13. The van der Waals surface area contributed by atoms with Gasteiger partial charge in [-0.1, -0.05) is 0 Å². The number of nitrogens with zero attached hydrogens (tertiary/aromatic N) is 1. The molecule has 2 N–H and O–H groups in total. The normalized spacial score (nSPS) is 12.7. The van der Waals surface area contributed by atoms with Gasteiger partial charge in [0.2, 0.25) is 6.79 Å². The number of alkyl halides is 1. The Balaban J connectivity index is 2.03. The van der Waals surface area contributed by atoms with Crippen LogP contribution in [0.5, 0.6) is 11.5 Å². The van der Waals surface area contributed by atoms with Crippen LogP contribution in [0.25, 0.3) is 0 Å². The van der Waals surface area contributed by atoms with Crippen LogP contribution in [-0.4, -0.2) is 25.1 Å². The molecule has 0 unspecified atom stereocenters. The molecule has 1 aromatic carbocycles. The Kier molecular flexibility index (Phi) is 4.69. The number of ether oxygens (including phenoxy) is 2. The van der Waals surface area contributed by atoms with Gasteiger partial charge in [0, 0.05) is 30.4 Å². The molecule has 20 heavy (non-hydrogen) atoms. The number of nitrogens with one attached hydrogen (secondary N) is 2. The smallest absolute Gasteiger partial charge is 0.263 e. The number of halogens is 1. The SMILES string of the molecule is N#C/C(=C/Nc1ccc2c(c1)OCO2)C(=O)NCCCl. The maximum absolute atomic E-state index is 11.6. The fourth-order valence-electron chi connectivity index (χ4n) is 1.55. The van der Waals surface area contributed by atoms with E-state index >= 15 is 0 Å². The average molecular weight is 294 g/mol. The fourth-order valence-corrected chi connectivity index (χ4v) is 1.64. The summed E-state index contributed by atoms with van der Waals surface area (Å²) >= 11 is 5.46. The Morgan fingerprint density at radius 1 is 1.45 bits per heavy atom. The third-order valence-corrected chi connectivity index (χ3v) is 2.69. The number of carbonyl (C=O) groups excluding carboxylic acids is 1. The summed E-state index contributed by atoms with van der Waals surface area (Å²) in [6.07, 6.45) is 1.33. The molecule has 1 aromatic rings. The van der Waals surface area contributed by atoms with Gasteiger partial charge in [-0.15, -0.1) is 11.6 Å². The van der Waals surface area contributed by atoms with E-state index in [1.54, 1.807) is 18.2 Å². The largest absolute Gasteiger partial charge is 0.454 e. The van der Waals surface area contributed by atoms with Gasteiger partial charge < -0.3 is 20.1 Å². The molecule has 0 saturated carbocycles. The number of carbonyl (C=O) groups is 1. The van der Waals surface area contributed by atoms with Gasteiger partial charge in [-0.05, 0) is 12.1 Å². The lowest BCUT2D eigenvalue weighted by molar-refractivity contribution is -0.117. The number of benzene rings is 1. The van der Waals surface area contributed by atoms with Gasteiger partial charge >= 0.3 is 0 Å². The molecule has 7 heteroatoms. The molecule has 0 spiro atoms. The minimum Gasteiger partial charge on any atom is -0.454 e. The summed E-state index contributed by atoms with van der Waals surface area (Å²) in [5.74, 6) is 1.11. The van der Waals surface area contributed by atoms with Crippen molar-refractivity contribution in [2.75, 3.05) is 24.5 Å². The molecule has 0 bridgehead atoms. The molecule has 1 amide bonds. The summed E-state index contributed by atoms with van der Waals surface area (Å²) in [6.45, 7) is 0.502. The first-order valence-electron chi connectivity index (χ1n) is 5.85. The lowest BCUT2D eigenvalue weighted by Crippen LogP contribution is -2.26. The van der Waals surface area contributed by atoms with Crippen molar-refractivity contribution >= 4 is 23.2 Å². The van der Waals surface area contributed by atoms with Crippen molar-refractivity contribution < 1.29 is 14.3 Å². The summed E-state index contributed by atoms with van der Waals surface area (Å²) in [7, 11) is 0. The van der Waals surface area contributed by atoms with Gasteiger partial charge in [-0.2, -0.15) is 5.26 Å². The first kappa shape index (κ1) is 14.0. The van der Waals surface area contributed by atoms with Crippen molar-refractivity contribution in [3.63, 3.8) is 0 Å². The van der Waals surface area contributed by atoms with Crippen LogP contribution in [0.1, 0.15) is 0 Å². The standard InChI is InChI=1S/C13H12ClN3O3/c14-3-4-16-13(18)9(6-15)7-17-10-1-2-11-12(5-10)20-8-19-11/h1-2,5,7,17H,3-4,8H2,(H,16,18)/b9-7-. The number of hydrogen-bond acceptors (Lipinski definition) is 5. The summed E-state index contributed by atoms with van der Waals surface area (Å²) in [6, 6.07) is 7.06. The van der Waals surface area contributed by atoms with Crippen LogP contribution in [0.15, 0.2) is 30.0 Å². The van der Waals surface area contributed by atoms with E-state index in [-0.39, 0.29) is 12.4 Å². The zero-order valence-corrected chi connectivity index (χ0v) is 11.2. The third-order valence-electron chi connectivity index (χ3n) is 2.50. The van der Waals surface area contributed by atoms with E-state index in [1.807, 2.05) is 6.07 Å². The predicted molar refractivity (Wildman–Crippen MR) is 73.6 cm³/mol. The number of anilines is 1. The van der Waals surface area contributed by atoms with Gasteiger partial charge in [0.1, 0.15) is 11.6 Å². The van der Waals surface area contributed by atoms with Crippen LogP contribution in [0.2, 0.25) is 0 Å². The number of hydrogen-bond donors (Lipinski definition) is 2. The van der Waals surface area contributed by atoms with Crippen molar-refractivity contribution in [3.8, 4) is 17.6 Å². The van der Waals surface area contributed by atoms with Crippen molar-refractivity contribution in [1.82, 2.24) is 5.32 Å². The first-order chi connectivity index (χ1) is 9.74. The Labute approximate surface area is 120 Å². The fraction of sp³-hybridized carbons (Fsp3) is 0.231. The molecular weight excluding hydrogens is 282 g/mol. The lowest BCUT2D eigenvalue weighted by atomic mass is 10.2. The second-order valence-corrected chi connectivity index (χ2v) is 4.21. The molecule has 104 valence electrons. The van der Waals surface area contributed by atoms with E-state index in [0.717, 1.165) is 0 Å². The molecule has 1 aliphatic heterocycles. The first-order valence-corrected chi connectivity index (χ1v) is 6.38. The number of rotatable bonds is 5. The summed E-state index contributed by atoms with van der Waals surface area (Å²) in [5.41, 5.74) is 0.653. The van der Waals surface area contributed by atoms with Crippen LogP contribution in [-0.2, 0) is 4.79 Å². The molecule has 6 nitrogen and oxygen atoms in total. The minimum atomic E-state index is -0.471. The van der Waals surface area contributed by atoms with Crippen molar-refractivity contribution in [1.29, 1.82) is 5.26 Å². The van der Waals surface area contributed by atoms with Crippen molar-refractivity contribution in [2.45, 2.75) is 0 Å². The molecule has 0 saturated heterocycles. The van der Waals surface area contributed by atoms with Crippen LogP contribution < -0.4 is 20.1 Å². The van der Waals surface area contributed by atoms with E-state index < -0.39 is 5.91 Å². The molecule has 1 heterocycles. The monoisotopic (exact) mass is 293 g/mol. The van der Waals surface area contributed by atoms with E-state index in [0.29, 0.717) is 29.6 Å². The van der Waals surface area contributed by atoms with Gasteiger partial charge in [0.15, 0.2) is 11.5 Å². The maximum Gasteiger partial charge on any atom is 0.263 e. The predicted octanol–water partition coefficient (Wildman–Crippen LogP) is 1.59. The molecular formula is C13H12ClN3O3. The molecule has 2 rings (SSSR count). The second kappa shape index (κ2) is 6.68. The average Bonchev–Trinajstić information content (AvgIpc) is 2.93. The molecule has 0 radical (unpaired) electrons. The molecule has 1 aliphatic rings. The molecule has 0 atom stereocenters. The van der Waals surface area contributed by atoms with Crippen molar-refractivity contribution in [3.05, 3.63) is 30.0 Å². The quantitative estimate of drug-likeness (QED) is 0.489. The highest BCUT2D eigenvalue weighted by molar-refractivity contribution is 6.18. The van der Waals surface area contributed by atoms with Crippen LogP contribution in [0, 0.1) is 11.3 Å². The summed E-state index contributed by atoms with van der Waals surface area (Å²) in [4.78, 5) is 11.6. The maximum atomic E-state index is 11.6. The highest BCUT2D eigenvalue weighted by atomic mass is 35.5. The number of nitriles is 1. The van der Waals surface area contributed by atoms with Crippen LogP contribution in [0.3, 0.4) is 0 Å². The van der Waals surface area contributed by atoms with E-state index in [9.17, 15) is 4.79 Å². The van der Waals surface area contributed by atoms with Gasteiger partial charge in [0.25, 0.3) is 5.91 Å². The van der Waals surface area contributed by atoms with Crippen molar-refractivity contribution in [2.24, 2.45) is 0 Å². The molecule has 0 fully saturated rings. The van der Waals surface area contributed by atoms with Crippen LogP contribution in [0.4, 0.5) is 5.69 Å². The van der Waals surface area contributed by atoms with E-state index in [1.165, 1.54) is 6.20 Å². The summed E-state index contributed by atoms with van der Waals surface area (Å²) in [5, 5.41) is 14.3. The van der Waals surface area contributed by atoms with E-state index in [2.05, 4.69) is 10.6 Å². The topological polar surface area (TPSA) is 83.4 Å². The van der Waals surface area contributed by atoms with Gasteiger partial charge in [-0.3, -0.25) is 4.79 Å². The third kappa shape index (κ3) is 3.33. The summed E-state index contributed by atoms with van der Waals surface area (Å²) < 4.78 is 10.4. The molecule has 0 aromatic heterocycles. The number of fused-ring (bicyclic) bond motifs is 1. The Bertz CT molecular complexity index is 581. The minimum absolute atomic E-state index is 0.0345. The van der Waals surface area contributed by atoms with Gasteiger partial charge in [0.05, 0.1) is 0 Å². The Hall–Kier alpha value is -2.39. The second-order valence-electron chi connectivity index (χ2n) is 3.83. The molecule has 0 aliphatic carbocycles. The van der Waals surface area contributed by atoms with Gasteiger partial charge in [-0.25, -0.2) is 0 Å². The highest BCUT2D eigenvalue weighted by Crippen LogP contribution is 2.34. The van der Waals surface area contributed by atoms with E-state index in [4.69, 9.17) is 26.3 Å². The lowest BCUT2D eigenvalue weighted by Gasteiger charge is -2.04. The Morgan fingerprint density at radius 2 is 2.25 bits per heavy atom.